The third kappa shape index (κ3) is 4.07. The lowest BCUT2D eigenvalue weighted by molar-refractivity contribution is -0.143. The molecule has 0 saturated carbocycles. The smallest absolute Gasteiger partial charge is 0.338 e. The molecule has 2 aliphatic rings. The van der Waals surface area contributed by atoms with Crippen LogP contribution in [0.2, 0.25) is 0 Å². The number of anilines is 1. The number of nitrogens with zero attached hydrogens (tertiary/aromatic N) is 3. The first-order chi connectivity index (χ1) is 17.7. The molecule has 0 spiro atoms. The highest BCUT2D eigenvalue weighted by atomic mass is 32.1. The zero-order chi connectivity index (χ0) is 26.4. The number of allylic oxidation sites excluding steroid dienone is 1. The Labute approximate surface area is 218 Å². The molecular weight excluding hydrogens is 486 g/mol. The zero-order valence-corrected chi connectivity index (χ0v) is 22.0. The summed E-state index contributed by atoms with van der Waals surface area (Å²) < 4.78 is 7.38. The molecule has 1 amide bonds. The molecule has 0 N–H and O–H groups in total. The number of thiazole rings is 1. The van der Waals surface area contributed by atoms with Gasteiger partial charge in [0.1, 0.15) is 4.53 Å². The molecule has 3 heterocycles. The van der Waals surface area contributed by atoms with Gasteiger partial charge < -0.3 is 9.64 Å². The number of esters is 1. The van der Waals surface area contributed by atoms with Crippen molar-refractivity contribution in [1.29, 1.82) is 0 Å². The molecule has 7 nitrogen and oxygen atoms in total. The first-order valence-electron chi connectivity index (χ1n) is 12.1. The van der Waals surface area contributed by atoms with E-state index in [0.717, 1.165) is 16.8 Å². The molecule has 0 radical (unpaired) electrons. The normalized spacial score (nSPS) is 18.0. The maximum absolute atomic E-state index is 14.1. The average Bonchev–Trinajstić information content (AvgIpc) is 3.31. The number of benzene rings is 2. The molecule has 0 fully saturated rings. The van der Waals surface area contributed by atoms with Crippen LogP contribution in [0.5, 0.6) is 0 Å². The number of amides is 1. The SMILES string of the molecule is C=CCN1C(=O)/C(=c2\sc3n(c2=O)[C@@H](c2ccc(C)cc2)C(C(=O)OC(C)C)=C(C)N=3)c2ccccc21. The second-order valence-electron chi connectivity index (χ2n) is 9.36. The number of carbonyl (C=O) groups is 2. The van der Waals surface area contributed by atoms with Gasteiger partial charge in [-0.05, 0) is 39.3 Å². The lowest BCUT2D eigenvalue weighted by Gasteiger charge is -2.25. The van der Waals surface area contributed by atoms with E-state index in [1.54, 1.807) is 31.7 Å². The van der Waals surface area contributed by atoms with Gasteiger partial charge in [-0.3, -0.25) is 14.2 Å². The molecule has 1 atom stereocenters. The minimum Gasteiger partial charge on any atom is -0.459 e. The van der Waals surface area contributed by atoms with E-state index in [2.05, 4.69) is 11.6 Å². The highest BCUT2D eigenvalue weighted by Crippen LogP contribution is 2.35. The van der Waals surface area contributed by atoms with Gasteiger partial charge in [0.15, 0.2) is 4.80 Å². The number of para-hydroxylation sites is 1. The third-order valence-corrected chi connectivity index (χ3v) is 7.47. The quantitative estimate of drug-likeness (QED) is 0.387. The van der Waals surface area contributed by atoms with Crippen molar-refractivity contribution in [3.05, 3.63) is 109 Å². The Balaban J connectivity index is 1.80. The summed E-state index contributed by atoms with van der Waals surface area (Å²) >= 11 is 1.17. The van der Waals surface area contributed by atoms with Crippen LogP contribution in [-0.4, -0.2) is 29.1 Å². The van der Waals surface area contributed by atoms with Crippen LogP contribution in [0.3, 0.4) is 0 Å². The first-order valence-corrected chi connectivity index (χ1v) is 12.9. The van der Waals surface area contributed by atoms with Crippen LogP contribution >= 0.6 is 11.3 Å². The molecule has 188 valence electrons. The third-order valence-electron chi connectivity index (χ3n) is 6.41. The van der Waals surface area contributed by atoms with E-state index in [1.165, 1.54) is 15.9 Å². The standard InChI is InChI=1S/C29H27N3O4S/c1-6-15-31-21-10-8-7-9-20(21)23(26(31)33)25-27(34)32-24(19-13-11-17(4)12-14-19)22(28(35)36-16(2)3)18(5)30-29(32)37-25/h6-14,16,24H,1,15H2,2-5H3/b25-23-/t24-/m0/s1. The molecule has 3 aromatic rings. The number of aryl methyl sites for hydroxylation is 1. The van der Waals surface area contributed by atoms with E-state index in [1.807, 2.05) is 55.5 Å². The molecule has 1 aromatic heterocycles. The van der Waals surface area contributed by atoms with Gasteiger partial charge in [-0.1, -0.05) is 65.4 Å². The van der Waals surface area contributed by atoms with Crippen molar-refractivity contribution in [2.75, 3.05) is 11.4 Å². The molecule has 2 aliphatic heterocycles. The summed E-state index contributed by atoms with van der Waals surface area (Å²) in [4.78, 5) is 47.6. The van der Waals surface area contributed by atoms with Gasteiger partial charge in [0, 0.05) is 12.1 Å². The zero-order valence-electron chi connectivity index (χ0n) is 21.1. The Bertz CT molecular complexity index is 1660. The summed E-state index contributed by atoms with van der Waals surface area (Å²) in [6.45, 7) is 11.4. The van der Waals surface area contributed by atoms with Crippen LogP contribution in [-0.2, 0) is 14.3 Å². The Kier molecular flexibility index (Phi) is 6.29. The Morgan fingerprint density at radius 3 is 2.51 bits per heavy atom. The first kappa shape index (κ1) is 24.6. The summed E-state index contributed by atoms with van der Waals surface area (Å²) in [6, 6.07) is 14.4. The maximum atomic E-state index is 14.1. The monoisotopic (exact) mass is 513 g/mol. The summed E-state index contributed by atoms with van der Waals surface area (Å²) in [5.74, 6) is -0.771. The number of rotatable bonds is 5. The van der Waals surface area contributed by atoms with Crippen molar-refractivity contribution < 1.29 is 14.3 Å². The Morgan fingerprint density at radius 2 is 1.84 bits per heavy atom. The van der Waals surface area contributed by atoms with E-state index in [9.17, 15) is 14.4 Å². The van der Waals surface area contributed by atoms with Crippen molar-refractivity contribution in [1.82, 2.24) is 4.57 Å². The van der Waals surface area contributed by atoms with Gasteiger partial charge in [-0.2, -0.15) is 0 Å². The van der Waals surface area contributed by atoms with Gasteiger partial charge in [-0.25, -0.2) is 9.79 Å². The van der Waals surface area contributed by atoms with Gasteiger partial charge in [0.25, 0.3) is 11.5 Å². The van der Waals surface area contributed by atoms with Crippen molar-refractivity contribution in [3.8, 4) is 0 Å². The topological polar surface area (TPSA) is 81.0 Å². The maximum Gasteiger partial charge on any atom is 0.338 e. The fourth-order valence-electron chi connectivity index (χ4n) is 4.78. The van der Waals surface area contributed by atoms with Crippen LogP contribution < -0.4 is 19.8 Å². The lowest BCUT2D eigenvalue weighted by atomic mass is 9.95. The molecule has 0 aliphatic carbocycles. The average molecular weight is 514 g/mol. The Morgan fingerprint density at radius 1 is 1.14 bits per heavy atom. The van der Waals surface area contributed by atoms with E-state index >= 15 is 0 Å². The van der Waals surface area contributed by atoms with Crippen LogP contribution in [0, 0.1) is 6.92 Å². The second-order valence-corrected chi connectivity index (χ2v) is 10.3. The second kappa shape index (κ2) is 9.44. The predicted octanol–water partition coefficient (Wildman–Crippen LogP) is 3.40. The fraction of sp³-hybridized carbons (Fsp3) is 0.241. The van der Waals surface area contributed by atoms with Crippen molar-refractivity contribution in [3.63, 3.8) is 0 Å². The van der Waals surface area contributed by atoms with Crippen molar-refractivity contribution >= 4 is 34.5 Å². The summed E-state index contributed by atoms with van der Waals surface area (Å²) in [5, 5.41) is 0. The molecule has 0 bridgehead atoms. The van der Waals surface area contributed by atoms with E-state index < -0.39 is 12.0 Å². The largest absolute Gasteiger partial charge is 0.459 e. The number of carbonyl (C=O) groups excluding carboxylic acids is 2. The molecule has 0 saturated heterocycles. The number of ether oxygens (including phenoxy) is 1. The molecule has 5 rings (SSSR count). The van der Waals surface area contributed by atoms with Crippen LogP contribution in [0.1, 0.15) is 43.5 Å². The molecule has 8 heteroatoms. The van der Waals surface area contributed by atoms with E-state index in [0.29, 0.717) is 38.3 Å². The Hall–Kier alpha value is -4.04. The van der Waals surface area contributed by atoms with E-state index in [-0.39, 0.29) is 17.6 Å². The summed E-state index contributed by atoms with van der Waals surface area (Å²) in [5.41, 5.74) is 4.03. The van der Waals surface area contributed by atoms with Gasteiger partial charge >= 0.3 is 5.97 Å². The minimum absolute atomic E-state index is 0.256. The molecule has 2 aromatic carbocycles. The van der Waals surface area contributed by atoms with Crippen molar-refractivity contribution in [2.24, 2.45) is 4.99 Å². The number of hydrogen-bond acceptors (Lipinski definition) is 6. The predicted molar refractivity (Wildman–Crippen MR) is 144 cm³/mol. The summed E-state index contributed by atoms with van der Waals surface area (Å²) in [6.07, 6.45) is 1.33. The van der Waals surface area contributed by atoms with Crippen molar-refractivity contribution in [2.45, 2.75) is 39.8 Å². The highest BCUT2D eigenvalue weighted by Gasteiger charge is 2.37. The number of hydrogen-bond donors (Lipinski definition) is 0. The molecule has 37 heavy (non-hydrogen) atoms. The minimum atomic E-state index is -0.728. The van der Waals surface area contributed by atoms with Gasteiger partial charge in [-0.15, -0.1) is 6.58 Å². The number of fused-ring (bicyclic) bond motifs is 2. The van der Waals surface area contributed by atoms with Gasteiger partial charge in [0.2, 0.25) is 0 Å². The summed E-state index contributed by atoms with van der Waals surface area (Å²) in [7, 11) is 0. The molecular formula is C29H27N3O4S. The van der Waals surface area contributed by atoms with Crippen LogP contribution in [0.25, 0.3) is 5.57 Å². The van der Waals surface area contributed by atoms with Gasteiger partial charge in [0.05, 0.1) is 34.7 Å². The van der Waals surface area contributed by atoms with Crippen LogP contribution in [0.15, 0.2) is 82.2 Å². The molecule has 0 unspecified atom stereocenters. The number of aromatic nitrogens is 1. The lowest BCUT2D eigenvalue weighted by Crippen LogP contribution is -2.41. The highest BCUT2D eigenvalue weighted by molar-refractivity contribution is 7.07. The fourth-order valence-corrected chi connectivity index (χ4v) is 5.92. The van der Waals surface area contributed by atoms with E-state index in [4.69, 9.17) is 4.74 Å². The van der Waals surface area contributed by atoms with Crippen LogP contribution in [0.4, 0.5) is 5.69 Å².